The smallest absolute Gasteiger partial charge is 0.169 e. The first-order chi connectivity index (χ1) is 10.6. The minimum Gasteiger partial charge on any atom is -0.350 e. The molecule has 0 spiro atoms. The zero-order valence-electron chi connectivity index (χ0n) is 13.1. The molecule has 3 rings (SSSR count). The summed E-state index contributed by atoms with van der Waals surface area (Å²) < 4.78 is 13.0. The van der Waals surface area contributed by atoms with Gasteiger partial charge >= 0.3 is 0 Å². The summed E-state index contributed by atoms with van der Waals surface area (Å²) in [5.74, 6) is -0.201. The molecule has 0 bridgehead atoms. The quantitative estimate of drug-likeness (QED) is 0.755. The number of thioether (sulfide) groups is 1. The van der Waals surface area contributed by atoms with E-state index in [0.717, 1.165) is 29.5 Å². The molecular weight excluding hydrogens is 295 g/mol. The molecular formula is C18H21FN2S. The van der Waals surface area contributed by atoms with Crippen LogP contribution in [0.25, 0.3) is 0 Å². The van der Waals surface area contributed by atoms with Crippen molar-refractivity contribution in [1.82, 2.24) is 4.90 Å². The van der Waals surface area contributed by atoms with E-state index in [-0.39, 0.29) is 5.82 Å². The first-order valence-electron chi connectivity index (χ1n) is 7.83. The van der Waals surface area contributed by atoms with E-state index in [0.29, 0.717) is 11.8 Å². The van der Waals surface area contributed by atoms with E-state index in [1.807, 2.05) is 17.5 Å². The molecule has 0 amide bonds. The van der Waals surface area contributed by atoms with Gasteiger partial charge in [-0.05, 0) is 30.5 Å². The highest BCUT2D eigenvalue weighted by molar-refractivity contribution is 8.16. The zero-order chi connectivity index (χ0) is 15.6. The fourth-order valence-electron chi connectivity index (χ4n) is 2.95. The molecule has 1 aromatic carbocycles. The number of aliphatic imine (C=N–C) groups is 1. The molecule has 4 heteroatoms. The Kier molecular flexibility index (Phi) is 4.42. The summed E-state index contributed by atoms with van der Waals surface area (Å²) in [5, 5.41) is 3.06. The van der Waals surface area contributed by atoms with Crippen molar-refractivity contribution in [1.29, 1.82) is 0 Å². The maximum Gasteiger partial charge on any atom is 0.169 e. The lowest BCUT2D eigenvalue weighted by Crippen LogP contribution is -2.57. The van der Waals surface area contributed by atoms with Crippen LogP contribution >= 0.6 is 11.8 Å². The number of rotatable bonds is 4. The fourth-order valence-corrected chi connectivity index (χ4v) is 3.69. The van der Waals surface area contributed by atoms with Gasteiger partial charge in [0.15, 0.2) is 5.17 Å². The van der Waals surface area contributed by atoms with Crippen LogP contribution < -0.4 is 0 Å². The van der Waals surface area contributed by atoms with Crippen molar-refractivity contribution in [3.63, 3.8) is 0 Å². The number of likely N-dealkylation sites (tertiary alicyclic amines) is 1. The van der Waals surface area contributed by atoms with Crippen LogP contribution in [-0.4, -0.2) is 23.2 Å². The van der Waals surface area contributed by atoms with Gasteiger partial charge in [-0.15, -0.1) is 0 Å². The third kappa shape index (κ3) is 3.13. The minimum atomic E-state index is -0.201. The van der Waals surface area contributed by atoms with Crippen molar-refractivity contribution in [3.05, 3.63) is 52.5 Å². The Morgan fingerprint density at radius 1 is 1.23 bits per heavy atom. The molecule has 1 fully saturated rings. The summed E-state index contributed by atoms with van der Waals surface area (Å²) >= 11 is 1.64. The van der Waals surface area contributed by atoms with E-state index in [9.17, 15) is 4.39 Å². The Bertz CT molecular complexity index is 630. The van der Waals surface area contributed by atoms with Crippen molar-refractivity contribution in [2.24, 2.45) is 10.4 Å². The molecule has 2 heterocycles. The maximum absolute atomic E-state index is 13.0. The predicted molar refractivity (Wildman–Crippen MR) is 91.3 cm³/mol. The van der Waals surface area contributed by atoms with Crippen molar-refractivity contribution in [2.45, 2.75) is 33.1 Å². The predicted octanol–water partition coefficient (Wildman–Crippen LogP) is 4.59. The summed E-state index contributed by atoms with van der Waals surface area (Å²) in [6.45, 7) is 6.75. The van der Waals surface area contributed by atoms with Crippen molar-refractivity contribution in [3.8, 4) is 0 Å². The Hall–Kier alpha value is -1.51. The molecule has 22 heavy (non-hydrogen) atoms. The first kappa shape index (κ1) is 15.4. The highest BCUT2D eigenvalue weighted by Crippen LogP contribution is 2.39. The van der Waals surface area contributed by atoms with Gasteiger partial charge in [0.2, 0.25) is 0 Å². The third-order valence-corrected chi connectivity index (χ3v) is 5.52. The average molecular weight is 316 g/mol. The van der Waals surface area contributed by atoms with Gasteiger partial charge in [0.05, 0.1) is 5.70 Å². The van der Waals surface area contributed by atoms with Gasteiger partial charge in [0.1, 0.15) is 5.82 Å². The molecule has 2 aliphatic rings. The summed E-state index contributed by atoms with van der Waals surface area (Å²) in [6, 6.07) is 6.61. The largest absolute Gasteiger partial charge is 0.350 e. The highest BCUT2D eigenvalue weighted by Gasteiger charge is 2.41. The topological polar surface area (TPSA) is 15.6 Å². The number of allylic oxidation sites excluding steroid dienone is 1. The maximum atomic E-state index is 13.0. The zero-order valence-corrected chi connectivity index (χ0v) is 13.9. The second-order valence-electron chi connectivity index (χ2n) is 6.09. The standard InChI is InChI=1S/C18H21FN2S/c1-3-18(4-2)12-21(13-18)17-20-16(9-10-22-17)11-14-5-7-15(19)8-6-14/h5-8,10H,3-4,11-13H2,1-2H3. The van der Waals surface area contributed by atoms with E-state index >= 15 is 0 Å². The van der Waals surface area contributed by atoms with Gasteiger partial charge in [0.25, 0.3) is 0 Å². The second-order valence-corrected chi connectivity index (χ2v) is 6.92. The van der Waals surface area contributed by atoms with Gasteiger partial charge in [0, 0.05) is 30.3 Å². The minimum absolute atomic E-state index is 0.201. The van der Waals surface area contributed by atoms with Crippen LogP contribution in [0, 0.1) is 11.2 Å². The fraction of sp³-hybridized carbons (Fsp3) is 0.444. The molecule has 0 atom stereocenters. The number of benzene rings is 1. The van der Waals surface area contributed by atoms with E-state index in [1.165, 1.54) is 25.0 Å². The molecule has 116 valence electrons. The lowest BCUT2D eigenvalue weighted by atomic mass is 9.75. The highest BCUT2D eigenvalue weighted by atomic mass is 32.2. The SMILES string of the molecule is CCC1(CC)CN(C2=NC(Cc3ccc(F)cc3)=C=CS2)C1. The summed E-state index contributed by atoms with van der Waals surface area (Å²) in [5.41, 5.74) is 5.67. The van der Waals surface area contributed by atoms with Crippen LogP contribution in [0.4, 0.5) is 4.39 Å². The van der Waals surface area contributed by atoms with Gasteiger partial charge in [-0.1, -0.05) is 43.5 Å². The Morgan fingerprint density at radius 3 is 2.55 bits per heavy atom. The van der Waals surface area contributed by atoms with Crippen LogP contribution in [0.5, 0.6) is 0 Å². The van der Waals surface area contributed by atoms with Gasteiger partial charge in [-0.3, -0.25) is 0 Å². The summed E-state index contributed by atoms with van der Waals surface area (Å²) in [4.78, 5) is 7.10. The first-order valence-corrected chi connectivity index (χ1v) is 8.71. The monoisotopic (exact) mass is 316 g/mol. The normalized spacial score (nSPS) is 19.5. The van der Waals surface area contributed by atoms with E-state index in [4.69, 9.17) is 4.99 Å². The van der Waals surface area contributed by atoms with E-state index in [2.05, 4.69) is 24.5 Å². The molecule has 1 saturated heterocycles. The number of hydrogen-bond donors (Lipinski definition) is 0. The van der Waals surface area contributed by atoms with Crippen LogP contribution in [-0.2, 0) is 6.42 Å². The molecule has 2 nitrogen and oxygen atoms in total. The van der Waals surface area contributed by atoms with Crippen LogP contribution in [0.3, 0.4) is 0 Å². The Balaban J connectivity index is 1.66. The molecule has 0 aliphatic carbocycles. The van der Waals surface area contributed by atoms with Gasteiger partial charge < -0.3 is 4.90 Å². The lowest BCUT2D eigenvalue weighted by Gasteiger charge is -2.51. The molecule has 0 N–H and O–H groups in total. The Morgan fingerprint density at radius 2 is 1.91 bits per heavy atom. The number of halogens is 1. The van der Waals surface area contributed by atoms with Crippen LogP contribution in [0.15, 0.2) is 46.1 Å². The molecule has 0 saturated carbocycles. The van der Waals surface area contributed by atoms with Crippen molar-refractivity contribution in [2.75, 3.05) is 13.1 Å². The van der Waals surface area contributed by atoms with Crippen molar-refractivity contribution >= 4 is 16.9 Å². The van der Waals surface area contributed by atoms with Crippen molar-refractivity contribution < 1.29 is 4.39 Å². The summed E-state index contributed by atoms with van der Waals surface area (Å²) in [7, 11) is 0. The molecule has 1 aromatic rings. The number of amidine groups is 1. The van der Waals surface area contributed by atoms with Crippen LogP contribution in [0.1, 0.15) is 32.3 Å². The lowest BCUT2D eigenvalue weighted by molar-refractivity contribution is 0.0531. The number of nitrogens with zero attached hydrogens (tertiary/aromatic N) is 2. The second kappa shape index (κ2) is 6.31. The molecule has 0 radical (unpaired) electrons. The number of hydrogen-bond acceptors (Lipinski definition) is 3. The average Bonchev–Trinajstić information content (AvgIpc) is 2.50. The summed E-state index contributed by atoms with van der Waals surface area (Å²) in [6.07, 6.45) is 3.15. The molecule has 0 aromatic heterocycles. The van der Waals surface area contributed by atoms with Gasteiger partial charge in [-0.25, -0.2) is 9.38 Å². The molecule has 0 unspecified atom stereocenters. The van der Waals surface area contributed by atoms with E-state index < -0.39 is 0 Å². The third-order valence-electron chi connectivity index (χ3n) is 4.73. The van der Waals surface area contributed by atoms with E-state index in [1.54, 1.807) is 11.8 Å². The van der Waals surface area contributed by atoms with Gasteiger partial charge in [-0.2, -0.15) is 0 Å². The van der Waals surface area contributed by atoms with Crippen LogP contribution in [0.2, 0.25) is 0 Å². The Labute approximate surface area is 135 Å². The molecule has 2 aliphatic heterocycles.